The zero-order valence-corrected chi connectivity index (χ0v) is 16.0. The first-order valence-electron chi connectivity index (χ1n) is 9.68. The Balaban J connectivity index is 2.21. The van der Waals surface area contributed by atoms with Crippen molar-refractivity contribution in [3.05, 3.63) is 71.8 Å². The number of hydrogen-bond donors (Lipinski definition) is 0. The van der Waals surface area contributed by atoms with Crippen molar-refractivity contribution in [1.29, 1.82) is 0 Å². The Kier molecular flexibility index (Phi) is 5.61. The van der Waals surface area contributed by atoms with Crippen LogP contribution in [0.25, 0.3) is 0 Å². The lowest BCUT2D eigenvalue weighted by Crippen LogP contribution is -2.45. The smallest absolute Gasteiger partial charge is 0.136 e. The summed E-state index contributed by atoms with van der Waals surface area (Å²) in [5, 5.41) is 0. The zero-order chi connectivity index (χ0) is 17.9. The summed E-state index contributed by atoms with van der Waals surface area (Å²) in [7, 11) is 0. The van der Waals surface area contributed by atoms with E-state index in [1.165, 1.54) is 11.1 Å². The molecule has 2 aromatic carbocycles. The molecule has 1 fully saturated rings. The Morgan fingerprint density at radius 3 is 1.84 bits per heavy atom. The van der Waals surface area contributed by atoms with E-state index in [4.69, 9.17) is 4.74 Å². The third-order valence-electron chi connectivity index (χ3n) is 5.38. The Hall–Kier alpha value is -1.64. The Labute approximate surface area is 152 Å². The fourth-order valence-electron chi connectivity index (χ4n) is 4.34. The molecule has 0 aromatic heterocycles. The molecule has 2 heteroatoms. The lowest BCUT2D eigenvalue weighted by atomic mass is 9.77. The lowest BCUT2D eigenvalue weighted by molar-refractivity contribution is -0.0424. The van der Waals surface area contributed by atoms with Crippen LogP contribution in [-0.2, 0) is 10.3 Å². The van der Waals surface area contributed by atoms with E-state index >= 15 is 0 Å². The summed E-state index contributed by atoms with van der Waals surface area (Å²) in [6.07, 6.45) is 2.28. The predicted octanol–water partition coefficient (Wildman–Crippen LogP) is 5.43. The molecule has 0 radical (unpaired) electrons. The maximum Gasteiger partial charge on any atom is 0.136 e. The fourth-order valence-corrected chi connectivity index (χ4v) is 4.34. The van der Waals surface area contributed by atoms with Crippen LogP contribution in [0.5, 0.6) is 0 Å². The van der Waals surface area contributed by atoms with Gasteiger partial charge in [-0.1, -0.05) is 88.4 Å². The van der Waals surface area contributed by atoms with Crippen molar-refractivity contribution >= 4 is 0 Å². The van der Waals surface area contributed by atoms with Crippen molar-refractivity contribution in [3.63, 3.8) is 0 Å². The first-order valence-corrected chi connectivity index (χ1v) is 9.68. The maximum absolute atomic E-state index is 6.91. The van der Waals surface area contributed by atoms with Crippen molar-refractivity contribution in [3.8, 4) is 0 Å². The summed E-state index contributed by atoms with van der Waals surface area (Å²) in [6, 6.07) is 21.9. The molecule has 2 atom stereocenters. The molecule has 1 aliphatic heterocycles. The second-order valence-electron chi connectivity index (χ2n) is 7.42. The summed E-state index contributed by atoms with van der Waals surface area (Å²) >= 11 is 0. The zero-order valence-electron chi connectivity index (χ0n) is 16.0. The van der Waals surface area contributed by atoms with Crippen LogP contribution >= 0.6 is 0 Å². The van der Waals surface area contributed by atoms with Gasteiger partial charge in [-0.05, 0) is 36.4 Å². The summed E-state index contributed by atoms with van der Waals surface area (Å²) in [5.74, 6) is 0.616. The first-order chi connectivity index (χ1) is 12.1. The van der Waals surface area contributed by atoms with E-state index in [1.807, 2.05) is 0 Å². The van der Waals surface area contributed by atoms with Crippen molar-refractivity contribution in [1.82, 2.24) is 4.90 Å². The highest BCUT2D eigenvalue weighted by Gasteiger charge is 2.54. The third kappa shape index (κ3) is 3.26. The van der Waals surface area contributed by atoms with Crippen molar-refractivity contribution < 1.29 is 4.74 Å². The molecular formula is C23H31NO. The quantitative estimate of drug-likeness (QED) is 0.696. The van der Waals surface area contributed by atoms with Gasteiger partial charge in [0.25, 0.3) is 0 Å². The number of likely N-dealkylation sites (N-methyl/N-ethyl adjacent to an activating group) is 1. The van der Waals surface area contributed by atoms with E-state index in [1.54, 1.807) is 0 Å². The minimum Gasteiger partial charge on any atom is -0.346 e. The molecule has 1 saturated heterocycles. The minimum absolute atomic E-state index is 0.161. The molecule has 0 spiro atoms. The van der Waals surface area contributed by atoms with Gasteiger partial charge in [-0.2, -0.15) is 0 Å². The average Bonchev–Trinajstić information content (AvgIpc) is 2.97. The molecule has 0 aliphatic carbocycles. The van der Waals surface area contributed by atoms with Crippen LogP contribution in [0.2, 0.25) is 0 Å². The van der Waals surface area contributed by atoms with Gasteiger partial charge in [0.15, 0.2) is 0 Å². The largest absolute Gasteiger partial charge is 0.346 e. The minimum atomic E-state index is -0.399. The lowest BCUT2D eigenvalue weighted by Gasteiger charge is -2.38. The van der Waals surface area contributed by atoms with E-state index in [-0.39, 0.29) is 6.23 Å². The molecule has 25 heavy (non-hydrogen) atoms. The van der Waals surface area contributed by atoms with E-state index in [2.05, 4.69) is 93.3 Å². The normalized spacial score (nSPS) is 23.2. The van der Waals surface area contributed by atoms with Crippen molar-refractivity contribution in [2.75, 3.05) is 6.54 Å². The highest BCUT2D eigenvalue weighted by Crippen LogP contribution is 2.48. The molecule has 0 amide bonds. The molecule has 1 aliphatic rings. The van der Waals surface area contributed by atoms with E-state index in [0.717, 1.165) is 19.4 Å². The number of hydrogen-bond acceptors (Lipinski definition) is 2. The van der Waals surface area contributed by atoms with Crippen molar-refractivity contribution in [2.24, 2.45) is 5.92 Å². The fraction of sp³-hybridized carbons (Fsp3) is 0.478. The Bertz CT molecular complexity index is 613. The second-order valence-corrected chi connectivity index (χ2v) is 7.42. The molecule has 0 bridgehead atoms. The van der Waals surface area contributed by atoms with Gasteiger partial charge in [0.2, 0.25) is 0 Å². The van der Waals surface area contributed by atoms with Gasteiger partial charge < -0.3 is 4.74 Å². The van der Waals surface area contributed by atoms with Gasteiger partial charge >= 0.3 is 0 Å². The molecule has 1 heterocycles. The molecule has 0 saturated carbocycles. The number of nitrogens with zero attached hydrogens (tertiary/aromatic N) is 1. The summed E-state index contributed by atoms with van der Waals surface area (Å²) in [4.78, 5) is 2.57. The number of benzene rings is 2. The van der Waals surface area contributed by atoms with Gasteiger partial charge in [-0.15, -0.1) is 0 Å². The van der Waals surface area contributed by atoms with Crippen LogP contribution in [0.3, 0.4) is 0 Å². The summed E-state index contributed by atoms with van der Waals surface area (Å²) < 4.78 is 6.91. The molecule has 0 unspecified atom stereocenters. The highest BCUT2D eigenvalue weighted by atomic mass is 16.5. The van der Waals surface area contributed by atoms with Crippen molar-refractivity contribution in [2.45, 2.75) is 58.4 Å². The number of ether oxygens (including phenoxy) is 1. The molecule has 2 nitrogen and oxygen atoms in total. The van der Waals surface area contributed by atoms with E-state index in [9.17, 15) is 0 Å². The number of rotatable bonds is 6. The van der Waals surface area contributed by atoms with Gasteiger partial charge in [-0.3, -0.25) is 4.90 Å². The molecule has 134 valence electrons. The van der Waals surface area contributed by atoms with Crippen LogP contribution in [0.1, 0.15) is 51.7 Å². The SMILES string of the molecule is CC[C@H]1OC(c2ccccc2)(c2ccccc2)[C@H](CC(C)C)N1CC. The molecule has 0 N–H and O–H groups in total. The maximum atomic E-state index is 6.91. The van der Waals surface area contributed by atoms with Gasteiger partial charge in [0.05, 0.1) is 0 Å². The molecule has 3 rings (SSSR count). The Morgan fingerprint density at radius 1 is 0.920 bits per heavy atom. The summed E-state index contributed by atoms with van der Waals surface area (Å²) in [5.41, 5.74) is 2.13. The van der Waals surface area contributed by atoms with Crippen LogP contribution in [-0.4, -0.2) is 23.7 Å². The molecule has 2 aromatic rings. The van der Waals surface area contributed by atoms with Crippen LogP contribution in [0.15, 0.2) is 60.7 Å². The second kappa shape index (κ2) is 7.72. The van der Waals surface area contributed by atoms with E-state index < -0.39 is 5.60 Å². The highest BCUT2D eigenvalue weighted by molar-refractivity contribution is 5.40. The third-order valence-corrected chi connectivity index (χ3v) is 5.38. The monoisotopic (exact) mass is 337 g/mol. The van der Waals surface area contributed by atoms with E-state index in [0.29, 0.717) is 12.0 Å². The van der Waals surface area contributed by atoms with Crippen LogP contribution in [0, 0.1) is 5.92 Å². The van der Waals surface area contributed by atoms with Gasteiger partial charge in [-0.25, -0.2) is 0 Å². The topological polar surface area (TPSA) is 12.5 Å². The van der Waals surface area contributed by atoms with Crippen LogP contribution < -0.4 is 0 Å². The Morgan fingerprint density at radius 2 is 1.44 bits per heavy atom. The standard InChI is InChI=1S/C23H31NO/c1-5-22-24(6-2)21(17-18(3)4)23(25-22,19-13-9-7-10-14-19)20-15-11-8-12-16-20/h7-16,18,21-22H,5-6,17H2,1-4H3/t21-,22+/m0/s1. The first kappa shape index (κ1) is 18.2. The van der Waals surface area contributed by atoms with Crippen LogP contribution in [0.4, 0.5) is 0 Å². The van der Waals surface area contributed by atoms with Gasteiger partial charge in [0, 0.05) is 6.04 Å². The van der Waals surface area contributed by atoms with Gasteiger partial charge in [0.1, 0.15) is 11.8 Å². The summed E-state index contributed by atoms with van der Waals surface area (Å²) in [6.45, 7) is 10.1. The molecular weight excluding hydrogens is 306 g/mol. The predicted molar refractivity (Wildman–Crippen MR) is 104 cm³/mol. The average molecular weight is 338 g/mol.